The minimum Gasteiger partial charge on any atom is -0.374 e. The maximum atomic E-state index is 5.65. The Bertz CT molecular complexity index is 541. The Kier molecular flexibility index (Phi) is 2.19. The number of hydrogen-bond donors (Lipinski definition) is 2. The Hall–Kier alpha value is -1.40. The van der Waals surface area contributed by atoms with Crippen LogP contribution in [0.4, 0.5) is 5.82 Å². The first-order valence-electron chi connectivity index (χ1n) is 4.95. The van der Waals surface area contributed by atoms with Gasteiger partial charge in [0.2, 0.25) is 0 Å². The van der Waals surface area contributed by atoms with E-state index in [1.54, 1.807) is 16.0 Å². The molecule has 1 aliphatic rings. The van der Waals surface area contributed by atoms with E-state index in [1.807, 2.05) is 5.38 Å². The first-order valence-corrected chi connectivity index (χ1v) is 6.30. The molecule has 4 nitrogen and oxygen atoms in total. The molecule has 0 unspecified atom stereocenters. The summed E-state index contributed by atoms with van der Waals surface area (Å²) >= 11 is 6.65. The minimum absolute atomic E-state index is 0.284. The van der Waals surface area contributed by atoms with Crippen molar-refractivity contribution < 1.29 is 0 Å². The molecule has 0 saturated heterocycles. The molecule has 2 aromatic rings. The second-order valence-electron chi connectivity index (χ2n) is 3.61. The zero-order valence-electron chi connectivity index (χ0n) is 8.43. The Morgan fingerprint density at radius 1 is 1.62 bits per heavy atom. The van der Waals surface area contributed by atoms with Gasteiger partial charge in [-0.25, -0.2) is 0 Å². The lowest BCUT2D eigenvalue weighted by molar-refractivity contribution is 0.936. The van der Waals surface area contributed by atoms with E-state index in [1.165, 1.54) is 5.56 Å². The van der Waals surface area contributed by atoms with E-state index >= 15 is 0 Å². The molecule has 0 amide bonds. The smallest absolute Gasteiger partial charge is 0.193 e. The van der Waals surface area contributed by atoms with E-state index in [9.17, 15) is 0 Å². The second kappa shape index (κ2) is 3.57. The topological polar surface area (TPSA) is 55.9 Å². The van der Waals surface area contributed by atoms with Crippen LogP contribution >= 0.6 is 23.6 Å². The fourth-order valence-corrected chi connectivity index (χ4v) is 2.74. The van der Waals surface area contributed by atoms with Crippen LogP contribution in [0.5, 0.6) is 0 Å². The van der Waals surface area contributed by atoms with Crippen LogP contribution in [0.15, 0.2) is 16.8 Å². The van der Waals surface area contributed by atoms with Crippen LogP contribution in [-0.2, 0) is 6.42 Å². The Labute approximate surface area is 102 Å². The Morgan fingerprint density at radius 3 is 3.19 bits per heavy atom. The average Bonchev–Trinajstić information content (AvgIpc) is 2.93. The molecule has 6 heteroatoms. The summed E-state index contributed by atoms with van der Waals surface area (Å²) in [7, 11) is 0. The maximum Gasteiger partial charge on any atom is 0.193 e. The molecule has 0 atom stereocenters. The molecule has 0 bridgehead atoms. The van der Waals surface area contributed by atoms with Gasteiger partial charge in [-0.05, 0) is 30.1 Å². The summed E-state index contributed by atoms with van der Waals surface area (Å²) in [6.45, 7) is 0.924. The molecule has 0 aromatic carbocycles. The Balaban J connectivity index is 2.20. The fraction of sp³-hybridized carbons (Fsp3) is 0.200. The molecule has 3 rings (SSSR count). The van der Waals surface area contributed by atoms with Crippen molar-refractivity contribution in [2.24, 2.45) is 5.73 Å². The van der Waals surface area contributed by atoms with Gasteiger partial charge >= 0.3 is 0 Å². The maximum absolute atomic E-state index is 5.65. The number of thiophene rings is 1. The highest BCUT2D eigenvalue weighted by Crippen LogP contribution is 2.33. The summed E-state index contributed by atoms with van der Waals surface area (Å²) in [4.78, 5) is 0. The molecule has 0 aliphatic carbocycles. The standard InChI is InChI=1S/C10H10N4S2/c11-10(15)14-9-7(1-3-12-9)8(13-14)6-2-4-16-5-6/h2,4-5,12H,1,3H2,(H2,11,15). The third-order valence-electron chi connectivity index (χ3n) is 2.65. The summed E-state index contributed by atoms with van der Waals surface area (Å²) in [5.41, 5.74) is 9.00. The molecule has 0 saturated carbocycles. The third kappa shape index (κ3) is 1.34. The summed E-state index contributed by atoms with van der Waals surface area (Å²) in [6, 6.07) is 2.06. The summed E-state index contributed by atoms with van der Waals surface area (Å²) < 4.78 is 1.62. The molecule has 3 heterocycles. The van der Waals surface area contributed by atoms with Crippen LogP contribution in [0, 0.1) is 0 Å². The number of rotatable bonds is 1. The van der Waals surface area contributed by atoms with E-state index in [2.05, 4.69) is 21.9 Å². The van der Waals surface area contributed by atoms with Crippen LogP contribution in [-0.4, -0.2) is 21.4 Å². The first-order chi connectivity index (χ1) is 7.77. The molecule has 0 spiro atoms. The molecule has 0 radical (unpaired) electrons. The van der Waals surface area contributed by atoms with Crippen molar-refractivity contribution in [3.63, 3.8) is 0 Å². The van der Waals surface area contributed by atoms with E-state index in [0.29, 0.717) is 0 Å². The molecular formula is C10H10N4S2. The third-order valence-corrected chi connectivity index (χ3v) is 3.51. The van der Waals surface area contributed by atoms with Gasteiger partial charge in [0, 0.05) is 23.1 Å². The van der Waals surface area contributed by atoms with Crippen LogP contribution in [0.3, 0.4) is 0 Å². The van der Waals surface area contributed by atoms with Crippen LogP contribution in [0.1, 0.15) is 5.56 Å². The predicted octanol–water partition coefficient (Wildman–Crippen LogP) is 1.67. The zero-order chi connectivity index (χ0) is 11.1. The number of nitrogens with zero attached hydrogens (tertiary/aromatic N) is 2. The number of thiocarbonyl (C=S) groups is 1. The summed E-state index contributed by atoms with van der Waals surface area (Å²) in [5, 5.41) is 12.2. The summed E-state index contributed by atoms with van der Waals surface area (Å²) in [6.07, 6.45) is 0.975. The number of nitrogens with two attached hydrogens (primary N) is 1. The molecular weight excluding hydrogens is 240 g/mol. The van der Waals surface area contributed by atoms with Gasteiger partial charge in [-0.1, -0.05) is 0 Å². The van der Waals surface area contributed by atoms with Crippen LogP contribution < -0.4 is 11.1 Å². The zero-order valence-corrected chi connectivity index (χ0v) is 10.1. The minimum atomic E-state index is 0.284. The number of anilines is 1. The largest absolute Gasteiger partial charge is 0.374 e. The van der Waals surface area contributed by atoms with Crippen molar-refractivity contribution in [1.29, 1.82) is 0 Å². The van der Waals surface area contributed by atoms with Gasteiger partial charge in [-0.15, -0.1) is 0 Å². The fourth-order valence-electron chi connectivity index (χ4n) is 1.97. The molecule has 2 aromatic heterocycles. The van der Waals surface area contributed by atoms with Gasteiger partial charge in [-0.2, -0.15) is 21.1 Å². The molecule has 82 valence electrons. The van der Waals surface area contributed by atoms with E-state index in [-0.39, 0.29) is 5.11 Å². The number of hydrogen-bond acceptors (Lipinski definition) is 4. The van der Waals surface area contributed by atoms with Crippen molar-refractivity contribution in [1.82, 2.24) is 9.78 Å². The highest BCUT2D eigenvalue weighted by Gasteiger charge is 2.24. The van der Waals surface area contributed by atoms with Crippen molar-refractivity contribution >= 4 is 34.5 Å². The average molecular weight is 250 g/mol. The van der Waals surface area contributed by atoms with Gasteiger partial charge in [-0.3, -0.25) is 0 Å². The van der Waals surface area contributed by atoms with Crippen molar-refractivity contribution in [3.05, 3.63) is 22.4 Å². The number of fused-ring (bicyclic) bond motifs is 1. The first kappa shape index (κ1) is 9.80. The van der Waals surface area contributed by atoms with Crippen molar-refractivity contribution in [2.45, 2.75) is 6.42 Å². The lowest BCUT2D eigenvalue weighted by atomic mass is 10.1. The van der Waals surface area contributed by atoms with Gasteiger partial charge in [0.25, 0.3) is 0 Å². The molecule has 3 N–H and O–H groups in total. The Morgan fingerprint density at radius 2 is 2.50 bits per heavy atom. The van der Waals surface area contributed by atoms with Crippen LogP contribution in [0.25, 0.3) is 11.3 Å². The predicted molar refractivity (Wildman–Crippen MR) is 69.9 cm³/mol. The van der Waals surface area contributed by atoms with Gasteiger partial charge in [0.15, 0.2) is 5.11 Å². The highest BCUT2D eigenvalue weighted by molar-refractivity contribution is 7.80. The normalized spacial score (nSPS) is 13.5. The van der Waals surface area contributed by atoms with E-state index in [4.69, 9.17) is 18.0 Å². The molecule has 0 fully saturated rings. The van der Waals surface area contributed by atoms with Crippen molar-refractivity contribution in [3.8, 4) is 11.3 Å². The van der Waals surface area contributed by atoms with Gasteiger partial charge in [0.1, 0.15) is 5.82 Å². The van der Waals surface area contributed by atoms with E-state index < -0.39 is 0 Å². The van der Waals surface area contributed by atoms with Crippen LogP contribution in [0.2, 0.25) is 0 Å². The number of nitrogens with one attached hydrogen (secondary N) is 1. The quantitative estimate of drug-likeness (QED) is 0.756. The lowest BCUT2D eigenvalue weighted by Crippen LogP contribution is -2.22. The second-order valence-corrected chi connectivity index (χ2v) is 4.81. The van der Waals surface area contributed by atoms with Crippen molar-refractivity contribution in [2.75, 3.05) is 11.9 Å². The number of aromatic nitrogens is 2. The van der Waals surface area contributed by atoms with Gasteiger partial charge in [0.05, 0.1) is 5.69 Å². The molecule has 16 heavy (non-hydrogen) atoms. The highest BCUT2D eigenvalue weighted by atomic mass is 32.1. The van der Waals surface area contributed by atoms with E-state index in [0.717, 1.165) is 30.0 Å². The molecule has 1 aliphatic heterocycles. The SMILES string of the molecule is NC(=S)n1nc(-c2ccsc2)c2c1NCC2. The van der Waals surface area contributed by atoms with Gasteiger partial charge < -0.3 is 11.1 Å². The summed E-state index contributed by atoms with van der Waals surface area (Å²) in [5.74, 6) is 0.953. The lowest BCUT2D eigenvalue weighted by Gasteiger charge is -2.01. The monoisotopic (exact) mass is 250 g/mol.